The molecule has 20 heavy (non-hydrogen) atoms. The van der Waals surface area contributed by atoms with E-state index in [2.05, 4.69) is 0 Å². The number of methoxy groups -OCH3 is 1. The molecule has 0 aliphatic carbocycles. The molecule has 2 heterocycles. The van der Waals surface area contributed by atoms with Crippen molar-refractivity contribution < 1.29 is 17.9 Å². The molecule has 2 aliphatic heterocycles. The molecule has 1 unspecified atom stereocenters. The van der Waals surface area contributed by atoms with Crippen LogP contribution in [-0.4, -0.2) is 48.7 Å². The maximum atomic E-state index is 12.2. The second-order valence-electron chi connectivity index (χ2n) is 6.33. The Balaban J connectivity index is 2.56. The lowest BCUT2D eigenvalue weighted by Gasteiger charge is -2.54. The summed E-state index contributed by atoms with van der Waals surface area (Å²) in [6, 6.07) is 0. The molecule has 0 aromatic rings. The summed E-state index contributed by atoms with van der Waals surface area (Å²) >= 11 is 1.29. The Morgan fingerprint density at radius 3 is 2.25 bits per heavy atom. The second-order valence-corrected chi connectivity index (χ2v) is 9.99. The van der Waals surface area contributed by atoms with Crippen molar-refractivity contribution in [3.63, 3.8) is 0 Å². The number of sulfone groups is 1. The Bertz CT molecular complexity index is 574. The molecule has 2 aliphatic rings. The van der Waals surface area contributed by atoms with Gasteiger partial charge < -0.3 is 4.74 Å². The number of β-lactam (4-membered cyclic amide) rings is 1. The monoisotopic (exact) mass is 319 g/mol. The molecule has 0 aromatic heterocycles. The van der Waals surface area contributed by atoms with Crippen molar-refractivity contribution >= 4 is 27.5 Å². The fraction of sp³-hybridized carbons (Fsp3) is 0.769. The van der Waals surface area contributed by atoms with Gasteiger partial charge in [0.2, 0.25) is 0 Å². The van der Waals surface area contributed by atoms with E-state index in [-0.39, 0.29) is 16.7 Å². The number of thioether (sulfide) groups is 1. The van der Waals surface area contributed by atoms with Crippen molar-refractivity contribution in [3.8, 4) is 0 Å². The van der Waals surface area contributed by atoms with Crippen LogP contribution in [-0.2, 0) is 19.4 Å². The van der Waals surface area contributed by atoms with Crippen LogP contribution in [0.5, 0.6) is 0 Å². The summed E-state index contributed by atoms with van der Waals surface area (Å²) < 4.78 is 28.6. The summed E-state index contributed by atoms with van der Waals surface area (Å²) in [5.74, 6) is -0.0822. The third kappa shape index (κ3) is 2.29. The number of ether oxygens (including phenoxy) is 1. The maximum absolute atomic E-state index is 12.2. The standard InChI is InChI=1S/C13H21NO4S2/c1-7-9(13(2,3)4)14-10(15)8(18-5)11(14)19-12(7)20(6,16)17/h8,11-12H,1-6H3/t8-,11-,12?/m0/s1. The number of carbonyl (C=O) groups excluding carboxylic acids is 1. The molecule has 3 atom stereocenters. The highest BCUT2D eigenvalue weighted by molar-refractivity contribution is 8.14. The van der Waals surface area contributed by atoms with Gasteiger partial charge in [-0.2, -0.15) is 0 Å². The Hall–Kier alpha value is -0.530. The van der Waals surface area contributed by atoms with Crippen LogP contribution in [0.3, 0.4) is 0 Å². The topological polar surface area (TPSA) is 63.7 Å². The van der Waals surface area contributed by atoms with Gasteiger partial charge in [-0.3, -0.25) is 9.69 Å². The average molecular weight is 319 g/mol. The van der Waals surface area contributed by atoms with E-state index in [1.807, 2.05) is 27.7 Å². The molecule has 7 heteroatoms. The first-order valence-electron chi connectivity index (χ1n) is 6.41. The van der Waals surface area contributed by atoms with E-state index >= 15 is 0 Å². The van der Waals surface area contributed by atoms with E-state index < -0.39 is 20.5 Å². The normalized spacial score (nSPS) is 31.2. The maximum Gasteiger partial charge on any atom is 0.260 e. The molecular formula is C13H21NO4S2. The van der Waals surface area contributed by atoms with Gasteiger partial charge in [-0.15, -0.1) is 11.8 Å². The number of hydrogen-bond donors (Lipinski definition) is 0. The lowest BCUT2D eigenvalue weighted by atomic mass is 9.85. The van der Waals surface area contributed by atoms with Gasteiger partial charge in [0.25, 0.3) is 5.91 Å². The van der Waals surface area contributed by atoms with Crippen LogP contribution in [0, 0.1) is 5.41 Å². The minimum absolute atomic E-state index is 0.0822. The molecule has 5 nitrogen and oxygen atoms in total. The van der Waals surface area contributed by atoms with E-state index in [1.54, 1.807) is 4.90 Å². The van der Waals surface area contributed by atoms with Crippen molar-refractivity contribution in [1.82, 2.24) is 4.90 Å². The highest BCUT2D eigenvalue weighted by Gasteiger charge is 2.56. The Morgan fingerprint density at radius 1 is 1.30 bits per heavy atom. The van der Waals surface area contributed by atoms with E-state index in [9.17, 15) is 13.2 Å². The number of hydrogen-bond acceptors (Lipinski definition) is 5. The predicted octanol–water partition coefficient (Wildman–Crippen LogP) is 1.61. The van der Waals surface area contributed by atoms with E-state index in [0.717, 1.165) is 11.3 Å². The minimum atomic E-state index is -3.23. The van der Waals surface area contributed by atoms with Crippen LogP contribution in [0.2, 0.25) is 0 Å². The van der Waals surface area contributed by atoms with Gasteiger partial charge >= 0.3 is 0 Å². The molecule has 2 rings (SSSR count). The van der Waals surface area contributed by atoms with Crippen molar-refractivity contribution in [2.24, 2.45) is 5.41 Å². The summed E-state index contributed by atoms with van der Waals surface area (Å²) in [5.41, 5.74) is 1.28. The van der Waals surface area contributed by atoms with Crippen LogP contribution in [0.1, 0.15) is 27.7 Å². The molecule has 114 valence electrons. The molecule has 0 N–H and O–H groups in total. The first-order valence-corrected chi connectivity index (χ1v) is 9.31. The van der Waals surface area contributed by atoms with Gasteiger partial charge in [-0.1, -0.05) is 20.8 Å². The van der Waals surface area contributed by atoms with Gasteiger partial charge in [0.15, 0.2) is 15.9 Å². The Labute approximate surface area is 124 Å². The zero-order valence-electron chi connectivity index (χ0n) is 12.6. The Kier molecular flexibility index (Phi) is 3.76. The van der Waals surface area contributed by atoms with Crippen LogP contribution in [0.25, 0.3) is 0 Å². The largest absolute Gasteiger partial charge is 0.368 e. The van der Waals surface area contributed by atoms with E-state index in [1.165, 1.54) is 25.1 Å². The summed E-state index contributed by atoms with van der Waals surface area (Å²) in [6.07, 6.45) is 0.696. The average Bonchev–Trinajstić information content (AvgIpc) is 2.26. The number of rotatable bonds is 2. The minimum Gasteiger partial charge on any atom is -0.368 e. The van der Waals surface area contributed by atoms with Gasteiger partial charge in [-0.25, -0.2) is 8.42 Å². The fourth-order valence-corrected chi connectivity index (χ4v) is 6.10. The first kappa shape index (κ1) is 15.9. The van der Waals surface area contributed by atoms with E-state index in [4.69, 9.17) is 4.74 Å². The van der Waals surface area contributed by atoms with Gasteiger partial charge in [0.05, 0.1) is 0 Å². The highest BCUT2D eigenvalue weighted by atomic mass is 32.3. The number of allylic oxidation sites excluding steroid dienone is 1. The van der Waals surface area contributed by atoms with Crippen molar-refractivity contribution in [1.29, 1.82) is 0 Å². The van der Waals surface area contributed by atoms with Crippen LogP contribution >= 0.6 is 11.8 Å². The third-order valence-corrected chi connectivity index (χ3v) is 7.43. The quantitative estimate of drug-likeness (QED) is 0.724. The zero-order chi connectivity index (χ0) is 15.5. The smallest absolute Gasteiger partial charge is 0.260 e. The molecule has 0 radical (unpaired) electrons. The SMILES string of the molecule is CO[C@H]1C(=O)N2C(C(C)(C)C)=C(C)C(S(C)(=O)=O)S[C@@H]12. The van der Waals surface area contributed by atoms with Gasteiger partial charge in [0, 0.05) is 24.5 Å². The number of amides is 1. The molecule has 0 aromatic carbocycles. The molecule has 1 saturated heterocycles. The number of fused-ring (bicyclic) bond motifs is 1. The zero-order valence-corrected chi connectivity index (χ0v) is 14.3. The van der Waals surface area contributed by atoms with Gasteiger partial charge in [-0.05, 0) is 12.5 Å². The summed E-state index contributed by atoms with van der Waals surface area (Å²) in [7, 11) is -1.74. The number of carbonyl (C=O) groups is 1. The van der Waals surface area contributed by atoms with Crippen molar-refractivity contribution in [2.45, 2.75) is 43.8 Å². The van der Waals surface area contributed by atoms with Crippen molar-refractivity contribution in [3.05, 3.63) is 11.3 Å². The van der Waals surface area contributed by atoms with E-state index in [0.29, 0.717) is 0 Å². The molecule has 0 spiro atoms. The first-order chi connectivity index (χ1) is 9.00. The third-order valence-electron chi connectivity index (χ3n) is 3.58. The molecule has 0 bridgehead atoms. The van der Waals surface area contributed by atoms with Crippen LogP contribution in [0.4, 0.5) is 0 Å². The van der Waals surface area contributed by atoms with Gasteiger partial charge in [0.1, 0.15) is 9.96 Å². The highest BCUT2D eigenvalue weighted by Crippen LogP contribution is 2.50. The fourth-order valence-electron chi connectivity index (χ4n) is 2.93. The Morgan fingerprint density at radius 2 is 1.85 bits per heavy atom. The number of nitrogens with zero attached hydrogens (tertiary/aromatic N) is 1. The van der Waals surface area contributed by atoms with Crippen LogP contribution in [0.15, 0.2) is 11.3 Å². The van der Waals surface area contributed by atoms with Crippen LogP contribution < -0.4 is 0 Å². The summed E-state index contributed by atoms with van der Waals surface area (Å²) in [6.45, 7) is 7.78. The van der Waals surface area contributed by atoms with Crippen molar-refractivity contribution in [2.75, 3.05) is 13.4 Å². The summed E-state index contributed by atoms with van der Waals surface area (Å²) in [5, 5.41) is -0.245. The summed E-state index contributed by atoms with van der Waals surface area (Å²) in [4.78, 5) is 13.9. The lowest BCUT2D eigenvalue weighted by Crippen LogP contribution is -2.66. The molecule has 1 amide bonds. The predicted molar refractivity (Wildman–Crippen MR) is 79.8 cm³/mol. The lowest BCUT2D eigenvalue weighted by molar-refractivity contribution is -0.159. The molecule has 1 fully saturated rings. The molecular weight excluding hydrogens is 298 g/mol. The second kappa shape index (κ2) is 4.74. The molecule has 0 saturated carbocycles.